The Hall–Kier alpha value is -1.92. The van der Waals surface area contributed by atoms with Gasteiger partial charge in [0.1, 0.15) is 0 Å². The molecular weight excluding hydrogens is 368 g/mol. The molecule has 0 heterocycles. The smallest absolute Gasteiger partial charge is 0.339 e. The Bertz CT molecular complexity index is 630. The minimum absolute atomic E-state index is 0.308. The maximum absolute atomic E-state index is 12.2. The molecule has 0 fully saturated rings. The molecule has 0 aliphatic rings. The molecule has 6 heteroatoms. The normalized spacial score (nSPS) is 12.8. The van der Waals surface area contributed by atoms with Gasteiger partial charge >= 0.3 is 11.9 Å². The number of benzene rings is 2. The second kappa shape index (κ2) is 10.9. The highest BCUT2D eigenvalue weighted by molar-refractivity contribution is 8.77. The SMILES string of the molecule is CCC(OC(=O)c1ccccc1)SSC(CC)OC(=O)c1ccccc1. The molecule has 0 aliphatic heterocycles. The lowest BCUT2D eigenvalue weighted by Gasteiger charge is -2.19. The van der Waals surface area contributed by atoms with Crippen molar-refractivity contribution in [2.24, 2.45) is 0 Å². The van der Waals surface area contributed by atoms with Crippen molar-refractivity contribution >= 4 is 33.5 Å². The molecule has 0 N–H and O–H groups in total. The van der Waals surface area contributed by atoms with E-state index in [4.69, 9.17) is 9.47 Å². The number of rotatable bonds is 9. The van der Waals surface area contributed by atoms with E-state index in [1.54, 1.807) is 48.5 Å². The first kappa shape index (κ1) is 20.4. The second-order valence-electron chi connectivity index (χ2n) is 5.41. The van der Waals surface area contributed by atoms with Gasteiger partial charge in [-0.25, -0.2) is 9.59 Å². The monoisotopic (exact) mass is 390 g/mol. The third-order valence-corrected chi connectivity index (χ3v) is 6.45. The van der Waals surface area contributed by atoms with Crippen LogP contribution in [-0.2, 0) is 9.47 Å². The lowest BCUT2D eigenvalue weighted by atomic mass is 10.2. The highest BCUT2D eigenvalue weighted by Crippen LogP contribution is 2.36. The van der Waals surface area contributed by atoms with Crippen LogP contribution in [0.15, 0.2) is 60.7 Å². The summed E-state index contributed by atoms with van der Waals surface area (Å²) in [6, 6.07) is 17.8. The molecule has 26 heavy (non-hydrogen) atoms. The summed E-state index contributed by atoms with van der Waals surface area (Å²) in [5.74, 6) is -0.695. The first-order valence-corrected chi connectivity index (χ1v) is 10.8. The molecule has 2 atom stereocenters. The largest absolute Gasteiger partial charge is 0.447 e. The number of carbonyl (C=O) groups is 2. The molecule has 0 radical (unpaired) electrons. The van der Waals surface area contributed by atoms with E-state index in [0.717, 1.165) is 0 Å². The Morgan fingerprint density at radius 3 is 1.38 bits per heavy atom. The number of hydrogen-bond donors (Lipinski definition) is 0. The standard InChI is InChI=1S/C20H22O4S2/c1-3-17(23-19(21)15-11-7-5-8-12-15)25-26-18(4-2)24-20(22)16-13-9-6-10-14-16/h5-14,17-18H,3-4H2,1-2H3. The summed E-state index contributed by atoms with van der Waals surface area (Å²) in [5, 5.41) is 0. The Kier molecular flexibility index (Phi) is 8.58. The molecule has 0 aromatic heterocycles. The van der Waals surface area contributed by atoms with E-state index in [1.807, 2.05) is 26.0 Å². The van der Waals surface area contributed by atoms with Crippen molar-refractivity contribution in [1.29, 1.82) is 0 Å². The van der Waals surface area contributed by atoms with Gasteiger partial charge < -0.3 is 9.47 Å². The van der Waals surface area contributed by atoms with Crippen LogP contribution < -0.4 is 0 Å². The summed E-state index contributed by atoms with van der Waals surface area (Å²) in [6.45, 7) is 3.90. The molecule has 0 saturated heterocycles. The molecule has 0 saturated carbocycles. The van der Waals surface area contributed by atoms with E-state index < -0.39 is 0 Å². The summed E-state index contributed by atoms with van der Waals surface area (Å²) >= 11 is 0. The van der Waals surface area contributed by atoms with Gasteiger partial charge in [-0.1, -0.05) is 50.2 Å². The van der Waals surface area contributed by atoms with Crippen molar-refractivity contribution in [2.45, 2.75) is 37.6 Å². The predicted molar refractivity (Wildman–Crippen MR) is 107 cm³/mol. The van der Waals surface area contributed by atoms with E-state index in [0.29, 0.717) is 24.0 Å². The van der Waals surface area contributed by atoms with Crippen LogP contribution in [0.1, 0.15) is 47.4 Å². The molecule has 2 aromatic carbocycles. The van der Waals surface area contributed by atoms with Gasteiger partial charge in [-0.15, -0.1) is 0 Å². The van der Waals surface area contributed by atoms with Crippen molar-refractivity contribution in [3.05, 3.63) is 71.8 Å². The van der Waals surface area contributed by atoms with Crippen LogP contribution in [0.3, 0.4) is 0 Å². The second-order valence-corrected chi connectivity index (χ2v) is 8.00. The Morgan fingerprint density at radius 2 is 1.08 bits per heavy atom. The van der Waals surface area contributed by atoms with Gasteiger partial charge in [0.15, 0.2) is 10.9 Å². The maximum Gasteiger partial charge on any atom is 0.339 e. The Balaban J connectivity index is 1.85. The Labute approximate surface area is 162 Å². The summed E-state index contributed by atoms with van der Waals surface area (Å²) in [7, 11) is 2.82. The molecule has 4 nitrogen and oxygen atoms in total. The van der Waals surface area contributed by atoms with Gasteiger partial charge in [0, 0.05) is 0 Å². The lowest BCUT2D eigenvalue weighted by molar-refractivity contribution is 0.0441. The fraction of sp³-hybridized carbons (Fsp3) is 0.300. The first-order chi connectivity index (χ1) is 12.6. The lowest BCUT2D eigenvalue weighted by Crippen LogP contribution is -2.16. The van der Waals surface area contributed by atoms with Crippen molar-refractivity contribution in [3.8, 4) is 0 Å². The minimum Gasteiger partial charge on any atom is -0.447 e. The molecule has 0 bridgehead atoms. The molecule has 0 amide bonds. The van der Waals surface area contributed by atoms with Gasteiger partial charge in [-0.3, -0.25) is 0 Å². The van der Waals surface area contributed by atoms with Crippen molar-refractivity contribution in [3.63, 3.8) is 0 Å². The zero-order chi connectivity index (χ0) is 18.8. The molecule has 138 valence electrons. The average Bonchev–Trinajstić information content (AvgIpc) is 2.70. The van der Waals surface area contributed by atoms with Gasteiger partial charge in [-0.05, 0) is 58.7 Å². The third kappa shape index (κ3) is 6.42. The van der Waals surface area contributed by atoms with Crippen LogP contribution in [0.4, 0.5) is 0 Å². The van der Waals surface area contributed by atoms with Crippen molar-refractivity contribution in [1.82, 2.24) is 0 Å². The van der Waals surface area contributed by atoms with E-state index in [9.17, 15) is 9.59 Å². The van der Waals surface area contributed by atoms with Gasteiger partial charge in [0.2, 0.25) is 0 Å². The number of hydrogen-bond acceptors (Lipinski definition) is 6. The van der Waals surface area contributed by atoms with E-state index in [-0.39, 0.29) is 22.8 Å². The van der Waals surface area contributed by atoms with Crippen LogP contribution in [-0.4, -0.2) is 22.8 Å². The zero-order valence-corrected chi connectivity index (χ0v) is 16.4. The van der Waals surface area contributed by atoms with Crippen LogP contribution in [0.5, 0.6) is 0 Å². The average molecular weight is 391 g/mol. The molecule has 0 spiro atoms. The van der Waals surface area contributed by atoms with Crippen molar-refractivity contribution in [2.75, 3.05) is 0 Å². The predicted octanol–water partition coefficient (Wildman–Crippen LogP) is 5.55. The van der Waals surface area contributed by atoms with E-state index >= 15 is 0 Å². The molecule has 0 aliphatic carbocycles. The third-order valence-electron chi connectivity index (χ3n) is 3.43. The van der Waals surface area contributed by atoms with Crippen LogP contribution in [0.25, 0.3) is 0 Å². The Morgan fingerprint density at radius 1 is 0.731 bits per heavy atom. The van der Waals surface area contributed by atoms with Crippen LogP contribution in [0, 0.1) is 0 Å². The van der Waals surface area contributed by atoms with Crippen LogP contribution in [0.2, 0.25) is 0 Å². The quantitative estimate of drug-likeness (QED) is 0.318. The van der Waals surface area contributed by atoms with Gasteiger partial charge in [0.05, 0.1) is 11.1 Å². The molecule has 2 rings (SSSR count). The minimum atomic E-state index is -0.347. The fourth-order valence-corrected chi connectivity index (χ4v) is 4.56. The molecular formula is C20H22O4S2. The molecule has 2 aromatic rings. The fourth-order valence-electron chi connectivity index (χ4n) is 1.99. The summed E-state index contributed by atoms with van der Waals surface area (Å²) < 4.78 is 11.1. The zero-order valence-electron chi connectivity index (χ0n) is 14.8. The highest BCUT2D eigenvalue weighted by Gasteiger charge is 2.20. The van der Waals surface area contributed by atoms with E-state index in [2.05, 4.69) is 0 Å². The van der Waals surface area contributed by atoms with E-state index in [1.165, 1.54) is 21.6 Å². The topological polar surface area (TPSA) is 52.6 Å². The number of carbonyl (C=O) groups excluding carboxylic acids is 2. The molecule has 2 unspecified atom stereocenters. The van der Waals surface area contributed by atoms with Crippen LogP contribution >= 0.6 is 21.6 Å². The number of ether oxygens (including phenoxy) is 2. The summed E-state index contributed by atoms with van der Waals surface area (Å²) in [4.78, 5) is 24.3. The number of esters is 2. The van der Waals surface area contributed by atoms with Gasteiger partial charge in [0.25, 0.3) is 0 Å². The van der Waals surface area contributed by atoms with Gasteiger partial charge in [-0.2, -0.15) is 0 Å². The summed E-state index contributed by atoms with van der Waals surface area (Å²) in [5.41, 5.74) is 0.438. The highest BCUT2D eigenvalue weighted by atomic mass is 33.1. The maximum atomic E-state index is 12.2. The summed E-state index contributed by atoms with van der Waals surface area (Å²) in [6.07, 6.45) is 1.33. The van der Waals surface area contributed by atoms with Crippen molar-refractivity contribution < 1.29 is 19.1 Å². The first-order valence-electron chi connectivity index (χ1n) is 8.48.